The maximum Gasteiger partial charge on any atom is 0.101 e. The van der Waals surface area contributed by atoms with E-state index in [1.807, 2.05) is 19.4 Å². The van der Waals surface area contributed by atoms with E-state index in [9.17, 15) is 0 Å². The number of hydrogen-bond donors (Lipinski definition) is 1. The second kappa shape index (κ2) is 9.07. The zero-order valence-electron chi connectivity index (χ0n) is 12.3. The number of aromatic nitrogens is 2. The van der Waals surface area contributed by atoms with Crippen LogP contribution < -0.4 is 5.73 Å². The average molecular weight is 269 g/mol. The molecule has 0 fully saturated rings. The van der Waals surface area contributed by atoms with Gasteiger partial charge in [0.1, 0.15) is 6.10 Å². The lowest BCUT2D eigenvalue weighted by molar-refractivity contribution is -0.00823. The van der Waals surface area contributed by atoms with Crippen molar-refractivity contribution in [1.82, 2.24) is 9.78 Å². The van der Waals surface area contributed by atoms with E-state index >= 15 is 0 Å². The lowest BCUT2D eigenvalue weighted by Crippen LogP contribution is -2.30. The largest absolute Gasteiger partial charge is 0.379 e. The van der Waals surface area contributed by atoms with Crippen LogP contribution >= 0.6 is 0 Å². The van der Waals surface area contributed by atoms with Crippen molar-refractivity contribution in [1.29, 1.82) is 0 Å². The summed E-state index contributed by atoms with van der Waals surface area (Å²) in [5, 5.41) is 4.17. The third-order valence-electron chi connectivity index (χ3n) is 3.08. The summed E-state index contributed by atoms with van der Waals surface area (Å²) in [5.41, 5.74) is 7.15. The van der Waals surface area contributed by atoms with Crippen LogP contribution in [0.4, 0.5) is 0 Å². The van der Waals surface area contributed by atoms with Gasteiger partial charge in [-0.25, -0.2) is 0 Å². The number of nitrogens with zero attached hydrogens (tertiary/aromatic N) is 2. The van der Waals surface area contributed by atoms with Crippen molar-refractivity contribution in [3.63, 3.8) is 0 Å². The van der Waals surface area contributed by atoms with E-state index in [-0.39, 0.29) is 12.1 Å². The Morgan fingerprint density at radius 1 is 1.32 bits per heavy atom. The predicted octanol–water partition coefficient (Wildman–Crippen LogP) is 2.03. The number of ether oxygens (including phenoxy) is 2. The minimum absolute atomic E-state index is 0.0140. The Bertz CT molecular complexity index is 341. The van der Waals surface area contributed by atoms with Gasteiger partial charge in [0.2, 0.25) is 0 Å². The summed E-state index contributed by atoms with van der Waals surface area (Å²) in [7, 11) is 1.89. The quantitative estimate of drug-likeness (QED) is 0.660. The summed E-state index contributed by atoms with van der Waals surface area (Å²) < 4.78 is 13.1. The summed E-state index contributed by atoms with van der Waals surface area (Å²) in [5.74, 6) is 0. The molecule has 5 heteroatoms. The van der Waals surface area contributed by atoms with Crippen LogP contribution in [0.25, 0.3) is 0 Å². The first-order valence-corrected chi connectivity index (χ1v) is 7.12. The van der Waals surface area contributed by atoms with Gasteiger partial charge in [0.05, 0.1) is 19.4 Å². The van der Waals surface area contributed by atoms with Crippen molar-refractivity contribution < 1.29 is 9.47 Å². The number of hydrogen-bond acceptors (Lipinski definition) is 4. The van der Waals surface area contributed by atoms with Gasteiger partial charge in [-0.15, -0.1) is 0 Å². The summed E-state index contributed by atoms with van der Waals surface area (Å²) >= 11 is 0. The number of rotatable bonds is 10. The Morgan fingerprint density at radius 3 is 2.68 bits per heavy atom. The molecule has 19 heavy (non-hydrogen) atoms. The third kappa shape index (κ3) is 5.72. The van der Waals surface area contributed by atoms with Crippen molar-refractivity contribution in [2.75, 3.05) is 19.8 Å². The zero-order valence-corrected chi connectivity index (χ0v) is 12.3. The van der Waals surface area contributed by atoms with Crippen molar-refractivity contribution >= 4 is 0 Å². The van der Waals surface area contributed by atoms with Gasteiger partial charge in [0, 0.05) is 31.5 Å². The second-order valence-electron chi connectivity index (χ2n) is 4.78. The van der Waals surface area contributed by atoms with E-state index < -0.39 is 0 Å². The minimum atomic E-state index is -0.103. The molecule has 0 radical (unpaired) electrons. The SMILES string of the molecule is CCCCOCCOC(c1cnn(C)c1)C(N)CC. The topological polar surface area (TPSA) is 62.3 Å². The van der Waals surface area contributed by atoms with Crippen LogP contribution in [-0.4, -0.2) is 35.6 Å². The summed E-state index contributed by atoms with van der Waals surface area (Å²) in [4.78, 5) is 0. The summed E-state index contributed by atoms with van der Waals surface area (Å²) in [6, 6.07) is -0.0140. The Labute approximate surface area is 116 Å². The molecule has 1 aromatic rings. The first-order valence-electron chi connectivity index (χ1n) is 7.12. The lowest BCUT2D eigenvalue weighted by atomic mass is 10.0. The van der Waals surface area contributed by atoms with Gasteiger partial charge < -0.3 is 15.2 Å². The Morgan fingerprint density at radius 2 is 2.11 bits per heavy atom. The lowest BCUT2D eigenvalue weighted by Gasteiger charge is -2.22. The summed E-state index contributed by atoms with van der Waals surface area (Å²) in [6.45, 7) is 6.20. The maximum absolute atomic E-state index is 6.12. The van der Waals surface area contributed by atoms with E-state index in [1.165, 1.54) is 0 Å². The Balaban J connectivity index is 2.39. The van der Waals surface area contributed by atoms with Gasteiger partial charge in [-0.05, 0) is 12.8 Å². The van der Waals surface area contributed by atoms with Gasteiger partial charge in [0.15, 0.2) is 0 Å². The molecule has 0 spiro atoms. The highest BCUT2D eigenvalue weighted by Gasteiger charge is 2.20. The first kappa shape index (κ1) is 16.1. The molecule has 110 valence electrons. The van der Waals surface area contributed by atoms with Crippen molar-refractivity contribution in [2.24, 2.45) is 12.8 Å². The molecular weight excluding hydrogens is 242 g/mol. The molecule has 1 rings (SSSR count). The zero-order chi connectivity index (χ0) is 14.1. The molecule has 0 bridgehead atoms. The van der Waals surface area contributed by atoms with Gasteiger partial charge in [-0.1, -0.05) is 20.3 Å². The van der Waals surface area contributed by atoms with Crippen LogP contribution in [0, 0.1) is 0 Å². The van der Waals surface area contributed by atoms with Crippen molar-refractivity contribution in [3.05, 3.63) is 18.0 Å². The van der Waals surface area contributed by atoms with Crippen molar-refractivity contribution in [3.8, 4) is 0 Å². The molecule has 2 unspecified atom stereocenters. The summed E-state index contributed by atoms with van der Waals surface area (Å²) in [6.07, 6.45) is 6.79. The Kier molecular flexibility index (Phi) is 7.70. The van der Waals surface area contributed by atoms with E-state index in [4.69, 9.17) is 15.2 Å². The molecule has 0 amide bonds. The fourth-order valence-electron chi connectivity index (χ4n) is 1.85. The highest BCUT2D eigenvalue weighted by Crippen LogP contribution is 2.21. The standard InChI is InChI=1S/C14H27N3O2/c1-4-6-7-18-8-9-19-14(13(15)5-2)12-10-16-17(3)11-12/h10-11,13-14H,4-9,15H2,1-3H3. The van der Waals surface area contributed by atoms with Gasteiger partial charge in [-0.3, -0.25) is 4.68 Å². The van der Waals surface area contributed by atoms with Crippen LogP contribution in [-0.2, 0) is 16.5 Å². The fraction of sp³-hybridized carbons (Fsp3) is 0.786. The highest BCUT2D eigenvalue weighted by atomic mass is 16.5. The first-order chi connectivity index (χ1) is 9.19. The predicted molar refractivity (Wildman–Crippen MR) is 75.9 cm³/mol. The van der Waals surface area contributed by atoms with E-state index in [1.54, 1.807) is 4.68 Å². The number of aryl methyl sites for hydroxylation is 1. The normalized spacial score (nSPS) is 14.5. The maximum atomic E-state index is 6.12. The van der Waals surface area contributed by atoms with E-state index in [0.717, 1.165) is 31.4 Å². The molecule has 0 aliphatic carbocycles. The molecule has 1 heterocycles. The van der Waals surface area contributed by atoms with Crippen LogP contribution in [0.5, 0.6) is 0 Å². The van der Waals surface area contributed by atoms with Crippen LogP contribution in [0.3, 0.4) is 0 Å². The molecule has 0 aromatic carbocycles. The molecule has 2 N–H and O–H groups in total. The third-order valence-corrected chi connectivity index (χ3v) is 3.08. The van der Waals surface area contributed by atoms with Gasteiger partial charge >= 0.3 is 0 Å². The second-order valence-corrected chi connectivity index (χ2v) is 4.78. The molecule has 0 saturated carbocycles. The highest BCUT2D eigenvalue weighted by molar-refractivity contribution is 5.10. The van der Waals surface area contributed by atoms with Crippen molar-refractivity contribution in [2.45, 2.75) is 45.3 Å². The monoisotopic (exact) mass is 269 g/mol. The smallest absolute Gasteiger partial charge is 0.101 e. The Hall–Kier alpha value is -0.910. The minimum Gasteiger partial charge on any atom is -0.379 e. The molecule has 0 saturated heterocycles. The number of nitrogens with two attached hydrogens (primary N) is 1. The van der Waals surface area contributed by atoms with Gasteiger partial charge in [0.25, 0.3) is 0 Å². The fourth-order valence-corrected chi connectivity index (χ4v) is 1.85. The molecule has 1 aromatic heterocycles. The van der Waals surface area contributed by atoms with Gasteiger partial charge in [-0.2, -0.15) is 5.10 Å². The molecule has 0 aliphatic heterocycles. The van der Waals surface area contributed by atoms with Crippen LogP contribution in [0.2, 0.25) is 0 Å². The molecular formula is C14H27N3O2. The average Bonchev–Trinajstić information content (AvgIpc) is 2.83. The molecule has 0 aliphatic rings. The number of unbranched alkanes of at least 4 members (excludes halogenated alkanes) is 1. The van der Waals surface area contributed by atoms with Crippen LogP contribution in [0.1, 0.15) is 44.8 Å². The van der Waals surface area contributed by atoms with E-state index in [0.29, 0.717) is 13.2 Å². The molecule has 2 atom stereocenters. The van der Waals surface area contributed by atoms with E-state index in [2.05, 4.69) is 18.9 Å². The van der Waals surface area contributed by atoms with Crippen LogP contribution in [0.15, 0.2) is 12.4 Å². The molecule has 5 nitrogen and oxygen atoms in total.